The van der Waals surface area contributed by atoms with Crippen LogP contribution in [-0.2, 0) is 9.59 Å². The normalized spacial score (nSPS) is 21.3. The summed E-state index contributed by atoms with van der Waals surface area (Å²) in [6.07, 6.45) is 0.446. The number of carboxylic acid groups (broad SMARTS) is 1. The molecule has 6 nitrogen and oxygen atoms in total. The summed E-state index contributed by atoms with van der Waals surface area (Å²) >= 11 is 1.06. The van der Waals surface area contributed by atoms with E-state index in [4.69, 9.17) is 5.11 Å². The molecular weight excluding hydrogens is 232 g/mol. The van der Waals surface area contributed by atoms with Crippen molar-refractivity contribution in [2.24, 2.45) is 0 Å². The Hall–Kier alpha value is -1.24. The Bertz CT molecular complexity index is 308. The zero-order valence-corrected chi connectivity index (χ0v) is 9.67. The number of amides is 2. The van der Waals surface area contributed by atoms with Crippen LogP contribution < -0.4 is 10.6 Å². The summed E-state index contributed by atoms with van der Waals surface area (Å²) in [6.45, 7) is 1.80. The molecule has 1 fully saturated rings. The monoisotopic (exact) mass is 246 g/mol. The van der Waals surface area contributed by atoms with Gasteiger partial charge in [0.05, 0.1) is 6.42 Å². The van der Waals surface area contributed by atoms with Crippen LogP contribution in [0.4, 0.5) is 4.79 Å². The molecule has 7 heteroatoms. The van der Waals surface area contributed by atoms with E-state index in [1.165, 1.54) is 0 Å². The molecule has 1 rings (SSSR count). The van der Waals surface area contributed by atoms with Crippen LogP contribution in [0.1, 0.15) is 19.8 Å². The molecule has 1 heterocycles. The summed E-state index contributed by atoms with van der Waals surface area (Å²) in [6, 6.07) is -0.923. The molecule has 1 aliphatic rings. The van der Waals surface area contributed by atoms with Gasteiger partial charge < -0.3 is 15.7 Å². The maximum absolute atomic E-state index is 11.6. The van der Waals surface area contributed by atoms with Gasteiger partial charge in [0.1, 0.15) is 6.04 Å². The van der Waals surface area contributed by atoms with E-state index < -0.39 is 12.0 Å². The van der Waals surface area contributed by atoms with Crippen LogP contribution in [0.25, 0.3) is 0 Å². The molecule has 0 aromatic carbocycles. The lowest BCUT2D eigenvalue weighted by Crippen LogP contribution is -2.47. The van der Waals surface area contributed by atoms with Crippen molar-refractivity contribution in [3.05, 3.63) is 0 Å². The van der Waals surface area contributed by atoms with E-state index in [1.807, 2.05) is 0 Å². The third-order valence-electron chi connectivity index (χ3n) is 2.25. The highest BCUT2D eigenvalue weighted by Crippen LogP contribution is 2.13. The molecule has 0 bridgehead atoms. The van der Waals surface area contributed by atoms with Crippen LogP contribution in [0.2, 0.25) is 0 Å². The minimum Gasteiger partial charge on any atom is -0.481 e. The van der Waals surface area contributed by atoms with Crippen LogP contribution >= 0.6 is 11.8 Å². The number of hydrogen-bond donors (Lipinski definition) is 3. The van der Waals surface area contributed by atoms with Gasteiger partial charge in [-0.15, -0.1) is 0 Å². The molecule has 0 saturated carbocycles. The van der Waals surface area contributed by atoms with Crippen molar-refractivity contribution in [1.29, 1.82) is 0 Å². The second-order valence-corrected chi connectivity index (χ2v) is 4.50. The molecule has 0 radical (unpaired) electrons. The summed E-state index contributed by atoms with van der Waals surface area (Å²) in [5.74, 6) is -0.864. The molecule has 90 valence electrons. The molecule has 0 aromatic heterocycles. The number of hydrogen-bond acceptors (Lipinski definition) is 4. The number of carbonyl (C=O) groups is 3. The third kappa shape index (κ3) is 3.73. The molecule has 2 amide bonds. The van der Waals surface area contributed by atoms with E-state index in [1.54, 1.807) is 6.92 Å². The first-order valence-corrected chi connectivity index (χ1v) is 5.97. The summed E-state index contributed by atoms with van der Waals surface area (Å²) in [4.78, 5) is 33.0. The Morgan fingerprint density at radius 2 is 2.38 bits per heavy atom. The second kappa shape index (κ2) is 5.74. The quantitative estimate of drug-likeness (QED) is 0.643. The van der Waals surface area contributed by atoms with E-state index in [0.29, 0.717) is 12.2 Å². The number of aliphatic carboxylic acids is 1. The van der Waals surface area contributed by atoms with Gasteiger partial charge in [0.15, 0.2) is 0 Å². The fourth-order valence-electron chi connectivity index (χ4n) is 1.34. The van der Waals surface area contributed by atoms with Gasteiger partial charge in [0, 0.05) is 11.8 Å². The number of thioether (sulfide) groups is 1. The average molecular weight is 246 g/mol. The molecule has 1 aliphatic heterocycles. The number of nitrogens with one attached hydrogen (secondary N) is 2. The van der Waals surface area contributed by atoms with Crippen molar-refractivity contribution >= 4 is 28.9 Å². The standard InChI is InChI=1S/C9H14N2O4S/c1-2-5(3-7(12)13)10-8(14)6-4-16-9(15)11-6/h5-6H,2-4H2,1H3,(H,10,14)(H,11,15)(H,12,13). The first kappa shape index (κ1) is 12.8. The Kier molecular flexibility index (Phi) is 4.60. The molecule has 0 aromatic rings. The average Bonchev–Trinajstić information content (AvgIpc) is 2.63. The van der Waals surface area contributed by atoms with Crippen molar-refractivity contribution < 1.29 is 19.5 Å². The van der Waals surface area contributed by atoms with Gasteiger partial charge in [-0.25, -0.2) is 0 Å². The smallest absolute Gasteiger partial charge is 0.305 e. The van der Waals surface area contributed by atoms with Crippen molar-refractivity contribution in [2.45, 2.75) is 31.8 Å². The fourth-order valence-corrected chi connectivity index (χ4v) is 2.11. The Morgan fingerprint density at radius 3 is 2.81 bits per heavy atom. The van der Waals surface area contributed by atoms with E-state index in [0.717, 1.165) is 11.8 Å². The first-order valence-electron chi connectivity index (χ1n) is 4.98. The highest BCUT2D eigenvalue weighted by atomic mass is 32.2. The Balaban J connectivity index is 2.42. The van der Waals surface area contributed by atoms with Gasteiger partial charge in [-0.05, 0) is 6.42 Å². The molecule has 0 aliphatic carbocycles. The Labute approximate surface area is 97.2 Å². The van der Waals surface area contributed by atoms with Gasteiger partial charge in [-0.2, -0.15) is 0 Å². The van der Waals surface area contributed by atoms with E-state index in [-0.39, 0.29) is 23.6 Å². The maximum atomic E-state index is 11.6. The van der Waals surface area contributed by atoms with Gasteiger partial charge in [-0.3, -0.25) is 14.4 Å². The zero-order valence-electron chi connectivity index (χ0n) is 8.86. The molecule has 2 unspecified atom stereocenters. The summed E-state index contributed by atoms with van der Waals surface area (Å²) in [5.41, 5.74) is 0. The number of carboxylic acids is 1. The van der Waals surface area contributed by atoms with Crippen molar-refractivity contribution in [3.63, 3.8) is 0 Å². The maximum Gasteiger partial charge on any atom is 0.305 e. The van der Waals surface area contributed by atoms with Crippen molar-refractivity contribution in [1.82, 2.24) is 10.6 Å². The van der Waals surface area contributed by atoms with Crippen LogP contribution in [0, 0.1) is 0 Å². The third-order valence-corrected chi connectivity index (χ3v) is 3.13. The van der Waals surface area contributed by atoms with Gasteiger partial charge in [0.2, 0.25) is 5.91 Å². The zero-order chi connectivity index (χ0) is 12.1. The topological polar surface area (TPSA) is 95.5 Å². The van der Waals surface area contributed by atoms with Gasteiger partial charge in [-0.1, -0.05) is 18.7 Å². The molecule has 0 spiro atoms. The predicted molar refractivity (Wildman–Crippen MR) is 59.3 cm³/mol. The predicted octanol–water partition coefficient (Wildman–Crippen LogP) is 0.181. The minimum atomic E-state index is -0.947. The second-order valence-electron chi connectivity index (χ2n) is 3.51. The number of carbonyl (C=O) groups excluding carboxylic acids is 2. The van der Waals surface area contributed by atoms with E-state index in [2.05, 4.69) is 10.6 Å². The molecule has 3 N–H and O–H groups in total. The fraction of sp³-hybridized carbons (Fsp3) is 0.667. The lowest BCUT2D eigenvalue weighted by Gasteiger charge is -2.17. The minimum absolute atomic E-state index is 0.101. The van der Waals surface area contributed by atoms with E-state index in [9.17, 15) is 14.4 Å². The number of rotatable bonds is 5. The summed E-state index contributed by atoms with van der Waals surface area (Å²) < 4.78 is 0. The van der Waals surface area contributed by atoms with E-state index >= 15 is 0 Å². The summed E-state index contributed by atoms with van der Waals surface area (Å²) in [5, 5.41) is 13.5. The summed E-state index contributed by atoms with van der Waals surface area (Å²) in [7, 11) is 0. The Morgan fingerprint density at radius 1 is 1.69 bits per heavy atom. The highest BCUT2D eigenvalue weighted by molar-refractivity contribution is 8.14. The molecule has 16 heavy (non-hydrogen) atoms. The lowest BCUT2D eigenvalue weighted by molar-refractivity contribution is -0.137. The SMILES string of the molecule is CCC(CC(=O)O)NC(=O)C1CSC(=O)N1. The van der Waals surface area contributed by atoms with Crippen LogP contribution in [0.15, 0.2) is 0 Å². The van der Waals surface area contributed by atoms with Crippen LogP contribution in [0.3, 0.4) is 0 Å². The van der Waals surface area contributed by atoms with Crippen molar-refractivity contribution in [2.75, 3.05) is 5.75 Å². The highest BCUT2D eigenvalue weighted by Gasteiger charge is 2.29. The van der Waals surface area contributed by atoms with Crippen LogP contribution in [0.5, 0.6) is 0 Å². The lowest BCUT2D eigenvalue weighted by atomic mass is 10.1. The largest absolute Gasteiger partial charge is 0.481 e. The first-order chi connectivity index (χ1) is 7.52. The molecular formula is C9H14N2O4S. The van der Waals surface area contributed by atoms with Gasteiger partial charge in [0.25, 0.3) is 5.24 Å². The molecule has 2 atom stereocenters. The van der Waals surface area contributed by atoms with Crippen LogP contribution in [-0.4, -0.2) is 40.1 Å². The molecule has 1 saturated heterocycles. The van der Waals surface area contributed by atoms with Crippen molar-refractivity contribution in [3.8, 4) is 0 Å². The van der Waals surface area contributed by atoms with Gasteiger partial charge >= 0.3 is 5.97 Å².